The number of methoxy groups -OCH3 is 1. The quantitative estimate of drug-likeness (QED) is 0.921. The third-order valence-electron chi connectivity index (χ3n) is 3.04. The van der Waals surface area contributed by atoms with Crippen LogP contribution in [0.1, 0.15) is 11.1 Å². The van der Waals surface area contributed by atoms with E-state index in [0.29, 0.717) is 28.1 Å². The number of rotatable bonds is 2. The van der Waals surface area contributed by atoms with Crippen LogP contribution in [-0.4, -0.2) is 18.8 Å². The van der Waals surface area contributed by atoms with Crippen molar-refractivity contribution in [2.45, 2.75) is 0 Å². The number of halogens is 1. The summed E-state index contributed by atoms with van der Waals surface area (Å²) in [5.74, 6) is 1.68. The summed E-state index contributed by atoms with van der Waals surface area (Å²) in [7, 11) is 1.59. The SMILES string of the molecule is COc1ccc(Cl)cc1N=C1N=C(N)c2ccccc21. The van der Waals surface area contributed by atoms with Crippen LogP contribution in [0.15, 0.2) is 52.4 Å². The van der Waals surface area contributed by atoms with Crippen LogP contribution in [0.3, 0.4) is 0 Å². The third-order valence-corrected chi connectivity index (χ3v) is 3.27. The first kappa shape index (κ1) is 12.7. The molecular formula is C15H12ClN3O. The summed E-state index contributed by atoms with van der Waals surface area (Å²) in [6.45, 7) is 0. The Morgan fingerprint density at radius 2 is 1.90 bits per heavy atom. The van der Waals surface area contributed by atoms with Crippen molar-refractivity contribution in [1.82, 2.24) is 0 Å². The minimum Gasteiger partial charge on any atom is -0.494 e. The first-order chi connectivity index (χ1) is 9.69. The Bertz CT molecular complexity index is 738. The molecule has 2 aromatic rings. The third kappa shape index (κ3) is 2.14. The molecule has 0 aromatic heterocycles. The number of nitrogens with zero attached hydrogens (tertiary/aromatic N) is 2. The average molecular weight is 286 g/mol. The van der Waals surface area contributed by atoms with Gasteiger partial charge in [0.1, 0.15) is 17.3 Å². The van der Waals surface area contributed by atoms with E-state index in [1.165, 1.54) is 0 Å². The molecule has 0 spiro atoms. The maximum atomic E-state index is 6.00. The van der Waals surface area contributed by atoms with Crippen LogP contribution in [0.5, 0.6) is 5.75 Å². The summed E-state index contributed by atoms with van der Waals surface area (Å²) in [6.07, 6.45) is 0. The zero-order chi connectivity index (χ0) is 14.1. The molecule has 100 valence electrons. The summed E-state index contributed by atoms with van der Waals surface area (Å²) in [5.41, 5.74) is 8.34. The van der Waals surface area contributed by atoms with E-state index in [-0.39, 0.29) is 0 Å². The molecule has 1 aliphatic heterocycles. The molecule has 2 N–H and O–H groups in total. The van der Waals surface area contributed by atoms with Crippen molar-refractivity contribution in [3.05, 3.63) is 58.6 Å². The van der Waals surface area contributed by atoms with E-state index in [2.05, 4.69) is 9.98 Å². The van der Waals surface area contributed by atoms with Crippen LogP contribution < -0.4 is 10.5 Å². The van der Waals surface area contributed by atoms with Crippen molar-refractivity contribution in [3.8, 4) is 5.75 Å². The number of ether oxygens (including phenoxy) is 1. The van der Waals surface area contributed by atoms with Crippen molar-refractivity contribution in [2.75, 3.05) is 7.11 Å². The highest BCUT2D eigenvalue weighted by atomic mass is 35.5. The van der Waals surface area contributed by atoms with Gasteiger partial charge < -0.3 is 10.5 Å². The zero-order valence-electron chi connectivity index (χ0n) is 10.8. The molecule has 5 heteroatoms. The maximum absolute atomic E-state index is 6.00. The molecular weight excluding hydrogens is 274 g/mol. The smallest absolute Gasteiger partial charge is 0.163 e. The van der Waals surface area contributed by atoms with Gasteiger partial charge in [0.05, 0.1) is 7.11 Å². The fourth-order valence-corrected chi connectivity index (χ4v) is 2.25. The maximum Gasteiger partial charge on any atom is 0.163 e. The molecule has 1 aliphatic rings. The number of nitrogens with two attached hydrogens (primary N) is 1. The monoisotopic (exact) mass is 285 g/mol. The summed E-state index contributed by atoms with van der Waals surface area (Å²) in [6, 6.07) is 13.0. The number of fused-ring (bicyclic) bond motifs is 1. The molecule has 0 aliphatic carbocycles. The summed E-state index contributed by atoms with van der Waals surface area (Å²) in [4.78, 5) is 8.82. The van der Waals surface area contributed by atoms with Crippen LogP contribution in [0.25, 0.3) is 0 Å². The van der Waals surface area contributed by atoms with Crippen LogP contribution in [-0.2, 0) is 0 Å². The second-order valence-electron chi connectivity index (χ2n) is 4.29. The highest BCUT2D eigenvalue weighted by molar-refractivity contribution is 6.31. The Labute approximate surface area is 121 Å². The van der Waals surface area contributed by atoms with Gasteiger partial charge in [-0.3, -0.25) is 0 Å². The molecule has 3 rings (SSSR count). The van der Waals surface area contributed by atoms with Gasteiger partial charge in [-0.25, -0.2) is 9.98 Å². The van der Waals surface area contributed by atoms with Crippen LogP contribution in [0.4, 0.5) is 5.69 Å². The van der Waals surface area contributed by atoms with E-state index < -0.39 is 0 Å². The molecule has 0 saturated carbocycles. The van der Waals surface area contributed by atoms with Crippen LogP contribution in [0, 0.1) is 0 Å². The fourth-order valence-electron chi connectivity index (χ4n) is 2.09. The summed E-state index contributed by atoms with van der Waals surface area (Å²) >= 11 is 6.00. The number of hydrogen-bond acceptors (Lipinski definition) is 3. The Hall–Kier alpha value is -2.33. The van der Waals surface area contributed by atoms with E-state index in [4.69, 9.17) is 22.1 Å². The lowest BCUT2D eigenvalue weighted by molar-refractivity contribution is 0.416. The Morgan fingerprint density at radius 1 is 1.15 bits per heavy atom. The van der Waals surface area contributed by atoms with Gasteiger partial charge in [0.25, 0.3) is 0 Å². The van der Waals surface area contributed by atoms with Crippen LogP contribution >= 0.6 is 11.6 Å². The molecule has 0 unspecified atom stereocenters. The molecule has 0 amide bonds. The molecule has 0 saturated heterocycles. The zero-order valence-corrected chi connectivity index (χ0v) is 11.6. The van der Waals surface area contributed by atoms with Gasteiger partial charge in [0.2, 0.25) is 0 Å². The highest BCUT2D eigenvalue weighted by Gasteiger charge is 2.19. The van der Waals surface area contributed by atoms with E-state index in [0.717, 1.165) is 11.1 Å². The number of amidine groups is 2. The fraction of sp³-hybridized carbons (Fsp3) is 0.0667. The van der Waals surface area contributed by atoms with Gasteiger partial charge in [-0.1, -0.05) is 35.9 Å². The standard InChI is InChI=1S/C15H12ClN3O/c1-20-13-7-6-9(16)8-12(13)18-15-11-5-3-2-4-10(11)14(17)19-15/h2-8H,1H3,(H2,17,18,19). The lowest BCUT2D eigenvalue weighted by atomic mass is 10.1. The van der Waals surface area contributed by atoms with E-state index in [9.17, 15) is 0 Å². The van der Waals surface area contributed by atoms with Gasteiger partial charge in [-0.2, -0.15) is 0 Å². The molecule has 20 heavy (non-hydrogen) atoms. The van der Waals surface area contributed by atoms with Crippen molar-refractivity contribution < 1.29 is 4.74 Å². The first-order valence-electron chi connectivity index (χ1n) is 6.05. The van der Waals surface area contributed by atoms with Gasteiger partial charge >= 0.3 is 0 Å². The van der Waals surface area contributed by atoms with Crippen molar-refractivity contribution in [2.24, 2.45) is 15.7 Å². The van der Waals surface area contributed by atoms with Gasteiger partial charge in [0, 0.05) is 16.1 Å². The summed E-state index contributed by atoms with van der Waals surface area (Å²) < 4.78 is 5.28. The molecule has 1 heterocycles. The second-order valence-corrected chi connectivity index (χ2v) is 4.73. The molecule has 4 nitrogen and oxygen atoms in total. The predicted molar refractivity (Wildman–Crippen MR) is 81.4 cm³/mol. The van der Waals surface area contributed by atoms with Crippen molar-refractivity contribution in [3.63, 3.8) is 0 Å². The molecule has 0 atom stereocenters. The Balaban J connectivity index is 2.13. The predicted octanol–water partition coefficient (Wildman–Crippen LogP) is 3.15. The normalized spacial score (nSPS) is 15.1. The summed E-state index contributed by atoms with van der Waals surface area (Å²) in [5, 5.41) is 0.591. The topological polar surface area (TPSA) is 60.0 Å². The van der Waals surface area contributed by atoms with E-state index in [1.54, 1.807) is 25.3 Å². The molecule has 2 aromatic carbocycles. The minimum absolute atomic E-state index is 0.473. The van der Waals surface area contributed by atoms with Crippen molar-refractivity contribution in [1.29, 1.82) is 0 Å². The molecule has 0 bridgehead atoms. The second kappa shape index (κ2) is 4.98. The highest BCUT2D eigenvalue weighted by Crippen LogP contribution is 2.32. The lowest BCUT2D eigenvalue weighted by Gasteiger charge is -2.05. The first-order valence-corrected chi connectivity index (χ1v) is 6.43. The number of hydrogen-bond donors (Lipinski definition) is 1. The van der Waals surface area contributed by atoms with Crippen LogP contribution in [0.2, 0.25) is 5.02 Å². The number of benzene rings is 2. The van der Waals surface area contributed by atoms with Gasteiger partial charge in [-0.05, 0) is 18.2 Å². The molecule has 0 fully saturated rings. The van der Waals surface area contributed by atoms with E-state index >= 15 is 0 Å². The Morgan fingerprint density at radius 3 is 2.65 bits per heavy atom. The number of aliphatic imine (C=N–C) groups is 2. The Kier molecular flexibility index (Phi) is 3.16. The minimum atomic E-state index is 0.473. The van der Waals surface area contributed by atoms with Gasteiger partial charge in [-0.15, -0.1) is 0 Å². The van der Waals surface area contributed by atoms with Crippen molar-refractivity contribution >= 4 is 29.0 Å². The van der Waals surface area contributed by atoms with E-state index in [1.807, 2.05) is 24.3 Å². The largest absolute Gasteiger partial charge is 0.494 e. The average Bonchev–Trinajstić information content (AvgIpc) is 2.76. The molecule has 0 radical (unpaired) electrons. The van der Waals surface area contributed by atoms with Gasteiger partial charge in [0.15, 0.2) is 5.84 Å². The lowest BCUT2D eigenvalue weighted by Crippen LogP contribution is -2.09.